The third-order valence-electron chi connectivity index (χ3n) is 6.95. The molecule has 1 amide bonds. The number of aliphatic hydroxyl groups excluding tert-OH is 1. The summed E-state index contributed by atoms with van der Waals surface area (Å²) < 4.78 is 44.2. The number of halogens is 3. The Morgan fingerprint density at radius 2 is 1.84 bits per heavy atom. The zero-order chi connectivity index (χ0) is 32.4. The fraction of sp³-hybridized carbons (Fsp3) is 0.323. The lowest BCUT2D eigenvalue weighted by molar-refractivity contribution is -0.156. The minimum absolute atomic E-state index is 0.0362. The number of aldehydes is 1. The maximum atomic E-state index is 13.1. The Balaban J connectivity index is 0.000000700. The van der Waals surface area contributed by atoms with E-state index in [1.54, 1.807) is 24.0 Å². The number of carbonyl (C=O) groups is 2. The smallest absolute Gasteiger partial charge is 0.446 e. The fourth-order valence-electron chi connectivity index (χ4n) is 4.79. The second kappa shape index (κ2) is 15.1. The molecular formula is C31H31F3N6O5. The van der Waals surface area contributed by atoms with E-state index < -0.39 is 18.6 Å². The quantitative estimate of drug-likeness (QED) is 0.218. The maximum absolute atomic E-state index is 13.1. The normalized spacial score (nSPS) is 13.9. The minimum atomic E-state index is -4.64. The molecule has 4 aromatic rings. The number of aromatic nitrogens is 3. The monoisotopic (exact) mass is 624 g/mol. The molecule has 0 radical (unpaired) electrons. The number of alkyl halides is 3. The van der Waals surface area contributed by atoms with Gasteiger partial charge in [-0.15, -0.1) is 0 Å². The van der Waals surface area contributed by atoms with Crippen molar-refractivity contribution in [2.24, 2.45) is 0 Å². The lowest BCUT2D eigenvalue weighted by Crippen LogP contribution is -2.50. The molecule has 5 rings (SSSR count). The van der Waals surface area contributed by atoms with Crippen LogP contribution in [0.15, 0.2) is 67.1 Å². The standard InChI is InChI=1S/C29H30N6O4.C2HF3O/c1-38-28(21-6-3-2-4-7-21)29(37)34-12-10-33(11-13-34)26-9-8-22(18-31-26)25-16-24(39-15-5-14-36)20-35-27(25)23(17-30)19-32-35;3-2(4,5)1-6/h2-4,6-9,16,18-20,28,36H,5,10-15H2,1H3;1H/t28-;/m1./s1. The number of amides is 1. The number of carbonyl (C=O) groups excluding carboxylic acids is 2. The number of pyridine rings is 2. The summed E-state index contributed by atoms with van der Waals surface area (Å²) >= 11 is 0. The van der Waals surface area contributed by atoms with E-state index in [0.29, 0.717) is 56.0 Å². The number of nitrogens with zero attached hydrogens (tertiary/aromatic N) is 6. The van der Waals surface area contributed by atoms with Crippen LogP contribution in [0.1, 0.15) is 23.7 Å². The van der Waals surface area contributed by atoms with Crippen molar-refractivity contribution in [3.63, 3.8) is 0 Å². The highest BCUT2D eigenvalue weighted by atomic mass is 19.4. The predicted molar refractivity (Wildman–Crippen MR) is 157 cm³/mol. The number of piperazine rings is 1. The molecule has 0 unspecified atom stereocenters. The molecule has 1 saturated heterocycles. The van der Waals surface area contributed by atoms with Gasteiger partial charge in [0.1, 0.15) is 17.6 Å². The predicted octanol–water partition coefficient (Wildman–Crippen LogP) is 3.81. The SMILES string of the molecule is CO[C@@H](C(=O)N1CCN(c2ccc(-c3cc(OCCCO)cn4ncc(C#N)c34)cn2)CC1)c1ccccc1.O=CC(F)(F)F. The average molecular weight is 625 g/mol. The summed E-state index contributed by atoms with van der Waals surface area (Å²) in [4.78, 5) is 30.5. The molecule has 1 fully saturated rings. The molecule has 0 bridgehead atoms. The van der Waals surface area contributed by atoms with E-state index in [0.717, 1.165) is 22.5 Å². The van der Waals surface area contributed by atoms with E-state index in [9.17, 15) is 23.2 Å². The van der Waals surface area contributed by atoms with Crippen LogP contribution >= 0.6 is 0 Å². The van der Waals surface area contributed by atoms with Crippen molar-refractivity contribution in [2.75, 3.05) is 51.4 Å². The van der Waals surface area contributed by atoms with Crippen LogP contribution < -0.4 is 9.64 Å². The van der Waals surface area contributed by atoms with E-state index in [2.05, 4.69) is 16.1 Å². The van der Waals surface area contributed by atoms with Gasteiger partial charge in [-0.25, -0.2) is 9.50 Å². The Labute approximate surface area is 257 Å². The van der Waals surface area contributed by atoms with Crippen LogP contribution in [0.3, 0.4) is 0 Å². The van der Waals surface area contributed by atoms with Crippen molar-refractivity contribution in [1.29, 1.82) is 5.26 Å². The van der Waals surface area contributed by atoms with Gasteiger partial charge in [0.15, 0.2) is 6.10 Å². The van der Waals surface area contributed by atoms with Crippen molar-refractivity contribution in [3.05, 3.63) is 78.2 Å². The Morgan fingerprint density at radius 1 is 1.13 bits per heavy atom. The zero-order valence-corrected chi connectivity index (χ0v) is 24.4. The van der Waals surface area contributed by atoms with E-state index in [-0.39, 0.29) is 12.5 Å². The molecule has 236 valence electrons. The van der Waals surface area contributed by atoms with Crippen molar-refractivity contribution < 1.29 is 37.3 Å². The van der Waals surface area contributed by atoms with Crippen molar-refractivity contribution in [1.82, 2.24) is 19.5 Å². The van der Waals surface area contributed by atoms with Crippen LogP contribution in [0.5, 0.6) is 5.75 Å². The molecule has 1 aliphatic rings. The third-order valence-corrected chi connectivity index (χ3v) is 6.95. The van der Waals surface area contributed by atoms with Gasteiger partial charge in [-0.3, -0.25) is 9.59 Å². The van der Waals surface area contributed by atoms with Gasteiger partial charge in [0.2, 0.25) is 6.29 Å². The Bertz CT molecular complexity index is 1620. The van der Waals surface area contributed by atoms with Gasteiger partial charge in [-0.05, 0) is 23.8 Å². The largest absolute Gasteiger partial charge is 0.492 e. The lowest BCUT2D eigenvalue weighted by atomic mass is 10.1. The van der Waals surface area contributed by atoms with Gasteiger partial charge in [-0.1, -0.05) is 30.3 Å². The number of fused-ring (bicyclic) bond motifs is 1. The van der Waals surface area contributed by atoms with Crippen LogP contribution in [-0.2, 0) is 14.3 Å². The summed E-state index contributed by atoms with van der Waals surface area (Å²) in [6, 6.07) is 17.5. The summed E-state index contributed by atoms with van der Waals surface area (Å²) in [5.41, 5.74) is 3.60. The molecule has 1 N–H and O–H groups in total. The topological polar surface area (TPSA) is 133 Å². The number of hydrogen-bond acceptors (Lipinski definition) is 9. The number of anilines is 1. The molecule has 0 spiro atoms. The molecule has 11 nitrogen and oxygen atoms in total. The highest BCUT2D eigenvalue weighted by molar-refractivity contribution is 5.85. The highest BCUT2D eigenvalue weighted by Crippen LogP contribution is 2.31. The summed E-state index contributed by atoms with van der Waals surface area (Å²) in [6.45, 7) is 2.87. The first kappa shape index (κ1) is 32.9. The molecule has 45 heavy (non-hydrogen) atoms. The molecule has 3 aromatic heterocycles. The van der Waals surface area contributed by atoms with Crippen LogP contribution in [0.4, 0.5) is 19.0 Å². The van der Waals surface area contributed by atoms with E-state index in [4.69, 9.17) is 24.4 Å². The number of aliphatic hydroxyl groups is 1. The van der Waals surface area contributed by atoms with Gasteiger partial charge in [-0.2, -0.15) is 23.5 Å². The lowest BCUT2D eigenvalue weighted by Gasteiger charge is -2.36. The van der Waals surface area contributed by atoms with E-state index in [1.165, 1.54) is 6.20 Å². The van der Waals surface area contributed by atoms with E-state index in [1.807, 2.05) is 53.4 Å². The molecule has 14 heteroatoms. The zero-order valence-electron chi connectivity index (χ0n) is 24.4. The molecule has 1 aliphatic heterocycles. The molecule has 4 heterocycles. The van der Waals surface area contributed by atoms with Gasteiger partial charge in [0, 0.05) is 63.6 Å². The van der Waals surface area contributed by atoms with Gasteiger partial charge in [0.25, 0.3) is 5.91 Å². The number of hydrogen-bond donors (Lipinski definition) is 1. The molecule has 0 aliphatic carbocycles. The first-order valence-corrected chi connectivity index (χ1v) is 13.9. The van der Waals surface area contributed by atoms with Crippen molar-refractivity contribution in [2.45, 2.75) is 18.7 Å². The van der Waals surface area contributed by atoms with Gasteiger partial charge >= 0.3 is 6.18 Å². The van der Waals surface area contributed by atoms with Crippen LogP contribution in [0.2, 0.25) is 0 Å². The second-order valence-electron chi connectivity index (χ2n) is 9.88. The van der Waals surface area contributed by atoms with Crippen LogP contribution in [0.25, 0.3) is 16.6 Å². The molecular weight excluding hydrogens is 593 g/mol. The van der Waals surface area contributed by atoms with Crippen LogP contribution in [0, 0.1) is 11.3 Å². The number of rotatable bonds is 9. The summed E-state index contributed by atoms with van der Waals surface area (Å²) in [5.74, 6) is 1.37. The van der Waals surface area contributed by atoms with Crippen LogP contribution in [-0.4, -0.2) is 89.5 Å². The number of ether oxygens (including phenoxy) is 2. The van der Waals surface area contributed by atoms with Crippen molar-refractivity contribution in [3.8, 4) is 22.9 Å². The first-order chi connectivity index (χ1) is 21.7. The molecule has 1 atom stereocenters. The second-order valence-corrected chi connectivity index (χ2v) is 9.88. The molecule has 1 aromatic carbocycles. The number of nitriles is 1. The van der Waals surface area contributed by atoms with Crippen molar-refractivity contribution >= 4 is 23.5 Å². The summed E-state index contributed by atoms with van der Waals surface area (Å²) in [7, 11) is 1.56. The fourth-order valence-corrected chi connectivity index (χ4v) is 4.79. The van der Waals surface area contributed by atoms with Gasteiger partial charge in [0.05, 0.1) is 30.1 Å². The number of methoxy groups -OCH3 is 1. The minimum Gasteiger partial charge on any atom is -0.492 e. The van der Waals surface area contributed by atoms with E-state index >= 15 is 0 Å². The summed E-state index contributed by atoms with van der Waals surface area (Å²) in [6.07, 6.45) is -0.756. The molecule has 0 saturated carbocycles. The summed E-state index contributed by atoms with van der Waals surface area (Å²) in [5, 5.41) is 23.0. The Kier molecular flexibility index (Phi) is 11.1. The average Bonchev–Trinajstić information content (AvgIpc) is 3.49. The first-order valence-electron chi connectivity index (χ1n) is 13.9. The van der Waals surface area contributed by atoms with Gasteiger partial charge < -0.3 is 24.4 Å². The Hall–Kier alpha value is -5.00. The number of benzene rings is 1. The highest BCUT2D eigenvalue weighted by Gasteiger charge is 2.29. The maximum Gasteiger partial charge on any atom is 0.446 e. The third kappa shape index (κ3) is 8.34. The Morgan fingerprint density at radius 3 is 2.42 bits per heavy atom.